The average molecular weight is 399 g/mol. The molecule has 0 unspecified atom stereocenters. The SMILES string of the molecule is Cc1oc(-c2cccs2)nc1CSc1n[nH]c(=O)n1CCc1ccccc1. The molecule has 4 aromatic rings. The van der Waals surface area contributed by atoms with Crippen LogP contribution < -0.4 is 5.69 Å². The van der Waals surface area contributed by atoms with Gasteiger partial charge < -0.3 is 4.42 Å². The van der Waals surface area contributed by atoms with Gasteiger partial charge in [0, 0.05) is 12.3 Å². The van der Waals surface area contributed by atoms with Crippen molar-refractivity contribution in [3.63, 3.8) is 0 Å². The Labute approximate surface area is 164 Å². The Morgan fingerprint density at radius 3 is 2.85 bits per heavy atom. The van der Waals surface area contributed by atoms with Crippen LogP contribution in [0, 0.1) is 6.92 Å². The molecule has 8 heteroatoms. The van der Waals surface area contributed by atoms with Crippen LogP contribution in [0.3, 0.4) is 0 Å². The van der Waals surface area contributed by atoms with E-state index in [0.717, 1.165) is 22.8 Å². The maximum atomic E-state index is 12.1. The number of nitrogens with one attached hydrogen (secondary N) is 1. The number of oxazole rings is 1. The minimum atomic E-state index is -0.190. The largest absolute Gasteiger partial charge is 0.440 e. The van der Waals surface area contributed by atoms with Crippen LogP contribution in [0.5, 0.6) is 0 Å². The fraction of sp³-hybridized carbons (Fsp3) is 0.211. The molecule has 0 amide bonds. The van der Waals surface area contributed by atoms with Crippen LogP contribution in [0.15, 0.2) is 62.2 Å². The highest BCUT2D eigenvalue weighted by Gasteiger charge is 2.15. The Bertz CT molecular complexity index is 1070. The number of benzene rings is 1. The lowest BCUT2D eigenvalue weighted by Crippen LogP contribution is -2.18. The van der Waals surface area contributed by atoms with Crippen LogP contribution >= 0.6 is 23.1 Å². The highest BCUT2D eigenvalue weighted by atomic mass is 32.2. The summed E-state index contributed by atoms with van der Waals surface area (Å²) in [5, 5.41) is 9.37. The third kappa shape index (κ3) is 4.06. The Hall–Kier alpha value is -2.58. The van der Waals surface area contributed by atoms with E-state index >= 15 is 0 Å². The molecule has 0 fully saturated rings. The van der Waals surface area contributed by atoms with Gasteiger partial charge in [0.2, 0.25) is 5.89 Å². The third-order valence-electron chi connectivity index (χ3n) is 4.15. The van der Waals surface area contributed by atoms with Gasteiger partial charge in [0.15, 0.2) is 5.16 Å². The van der Waals surface area contributed by atoms with Gasteiger partial charge >= 0.3 is 5.69 Å². The average Bonchev–Trinajstić information content (AvgIpc) is 3.40. The summed E-state index contributed by atoms with van der Waals surface area (Å²) in [6, 6.07) is 14.1. The third-order valence-corrected chi connectivity index (χ3v) is 6.00. The van der Waals surface area contributed by atoms with Crippen molar-refractivity contribution in [2.75, 3.05) is 0 Å². The van der Waals surface area contributed by atoms with Gasteiger partial charge in [0.1, 0.15) is 5.76 Å². The molecule has 0 aliphatic carbocycles. The first kappa shape index (κ1) is 17.8. The van der Waals surface area contributed by atoms with Crippen molar-refractivity contribution >= 4 is 23.1 Å². The molecular formula is C19H18N4O2S2. The maximum Gasteiger partial charge on any atom is 0.343 e. The fourth-order valence-electron chi connectivity index (χ4n) is 2.70. The van der Waals surface area contributed by atoms with Gasteiger partial charge in [-0.3, -0.25) is 4.57 Å². The number of hydrogen-bond acceptors (Lipinski definition) is 6. The second-order valence-electron chi connectivity index (χ2n) is 5.99. The topological polar surface area (TPSA) is 76.7 Å². The molecule has 3 heterocycles. The number of hydrogen-bond donors (Lipinski definition) is 1. The predicted molar refractivity (Wildman–Crippen MR) is 107 cm³/mol. The lowest BCUT2D eigenvalue weighted by Gasteiger charge is -2.05. The summed E-state index contributed by atoms with van der Waals surface area (Å²) in [4.78, 5) is 17.7. The molecule has 3 aromatic heterocycles. The number of aromatic nitrogens is 4. The van der Waals surface area contributed by atoms with E-state index < -0.39 is 0 Å². The Balaban J connectivity index is 1.45. The summed E-state index contributed by atoms with van der Waals surface area (Å²) in [6.45, 7) is 2.49. The van der Waals surface area contributed by atoms with Crippen molar-refractivity contribution < 1.29 is 4.42 Å². The Kier molecular flexibility index (Phi) is 5.26. The molecule has 0 aliphatic heterocycles. The van der Waals surface area contributed by atoms with Crippen LogP contribution in [0.25, 0.3) is 10.8 Å². The molecule has 1 aromatic carbocycles. The number of thioether (sulfide) groups is 1. The molecular weight excluding hydrogens is 380 g/mol. The highest BCUT2D eigenvalue weighted by molar-refractivity contribution is 7.98. The molecule has 138 valence electrons. The minimum absolute atomic E-state index is 0.190. The standard InChI is InChI=1S/C19H18N4O2S2/c1-13-15(20-17(25-13)16-8-5-11-26-16)12-27-19-22-21-18(24)23(19)10-9-14-6-3-2-4-7-14/h2-8,11H,9-10,12H2,1H3,(H,21,24). The summed E-state index contributed by atoms with van der Waals surface area (Å²) in [7, 11) is 0. The van der Waals surface area contributed by atoms with Gasteiger partial charge in [-0.2, -0.15) is 0 Å². The highest BCUT2D eigenvalue weighted by Crippen LogP contribution is 2.28. The van der Waals surface area contributed by atoms with Crippen LogP contribution in [0.1, 0.15) is 17.0 Å². The molecule has 0 bridgehead atoms. The quantitative estimate of drug-likeness (QED) is 0.474. The van der Waals surface area contributed by atoms with Gasteiger partial charge in [0.05, 0.1) is 10.6 Å². The lowest BCUT2D eigenvalue weighted by atomic mass is 10.1. The molecule has 6 nitrogen and oxygen atoms in total. The lowest BCUT2D eigenvalue weighted by molar-refractivity contribution is 0.542. The van der Waals surface area contributed by atoms with Crippen molar-refractivity contribution in [2.45, 2.75) is 30.8 Å². The van der Waals surface area contributed by atoms with E-state index in [1.54, 1.807) is 15.9 Å². The zero-order valence-electron chi connectivity index (χ0n) is 14.7. The number of H-pyrrole nitrogens is 1. The van der Waals surface area contributed by atoms with E-state index in [-0.39, 0.29) is 5.69 Å². The predicted octanol–water partition coefficient (Wildman–Crippen LogP) is 4.13. The van der Waals surface area contributed by atoms with Crippen molar-refractivity contribution in [3.8, 4) is 10.8 Å². The smallest absolute Gasteiger partial charge is 0.343 e. The second-order valence-corrected chi connectivity index (χ2v) is 7.88. The Morgan fingerprint density at radius 2 is 2.07 bits per heavy atom. The summed E-state index contributed by atoms with van der Waals surface area (Å²) in [5.74, 6) is 2.03. The molecule has 4 rings (SSSR count). The normalized spacial score (nSPS) is 11.1. The number of thiophene rings is 1. The van der Waals surface area contributed by atoms with Crippen molar-refractivity contribution in [1.29, 1.82) is 0 Å². The van der Waals surface area contributed by atoms with Gasteiger partial charge in [-0.05, 0) is 30.4 Å². The first-order valence-electron chi connectivity index (χ1n) is 8.53. The summed E-state index contributed by atoms with van der Waals surface area (Å²) in [6.07, 6.45) is 0.777. The number of aryl methyl sites for hydroxylation is 2. The maximum absolute atomic E-state index is 12.1. The summed E-state index contributed by atoms with van der Waals surface area (Å²) in [5.41, 5.74) is 1.87. The van der Waals surface area contributed by atoms with Crippen LogP contribution in [-0.4, -0.2) is 19.7 Å². The molecule has 27 heavy (non-hydrogen) atoms. The molecule has 0 aliphatic rings. The molecule has 0 radical (unpaired) electrons. The fourth-order valence-corrected chi connectivity index (χ4v) is 4.32. The Morgan fingerprint density at radius 1 is 1.22 bits per heavy atom. The number of rotatable bonds is 7. The van der Waals surface area contributed by atoms with Gasteiger partial charge in [-0.25, -0.2) is 14.9 Å². The summed E-state index contributed by atoms with van der Waals surface area (Å²) >= 11 is 3.08. The number of nitrogens with zero attached hydrogens (tertiary/aromatic N) is 3. The van der Waals surface area contributed by atoms with Crippen LogP contribution in [0.4, 0.5) is 0 Å². The van der Waals surface area contributed by atoms with Crippen molar-refractivity contribution in [3.05, 3.63) is 75.3 Å². The van der Waals surface area contributed by atoms with E-state index in [4.69, 9.17) is 4.42 Å². The zero-order valence-corrected chi connectivity index (χ0v) is 16.3. The first-order valence-corrected chi connectivity index (χ1v) is 10.4. The number of aromatic amines is 1. The van der Waals surface area contributed by atoms with Gasteiger partial charge in [-0.1, -0.05) is 48.2 Å². The van der Waals surface area contributed by atoms with Gasteiger partial charge in [0.25, 0.3) is 0 Å². The van der Waals surface area contributed by atoms with E-state index in [1.165, 1.54) is 17.3 Å². The van der Waals surface area contributed by atoms with E-state index in [0.29, 0.717) is 23.3 Å². The van der Waals surface area contributed by atoms with Crippen LogP contribution in [0.2, 0.25) is 0 Å². The molecule has 0 saturated heterocycles. The van der Waals surface area contributed by atoms with Gasteiger partial charge in [-0.15, -0.1) is 16.4 Å². The zero-order chi connectivity index (χ0) is 18.6. The summed E-state index contributed by atoms with van der Waals surface area (Å²) < 4.78 is 7.45. The van der Waals surface area contributed by atoms with Crippen molar-refractivity contribution in [2.24, 2.45) is 0 Å². The molecule has 0 atom stereocenters. The van der Waals surface area contributed by atoms with Crippen molar-refractivity contribution in [1.82, 2.24) is 19.7 Å². The molecule has 0 spiro atoms. The molecule has 1 N–H and O–H groups in total. The second kappa shape index (κ2) is 7.98. The molecule has 0 saturated carbocycles. The van der Waals surface area contributed by atoms with E-state index in [9.17, 15) is 4.79 Å². The van der Waals surface area contributed by atoms with Crippen LogP contribution in [-0.2, 0) is 18.7 Å². The van der Waals surface area contributed by atoms with E-state index in [2.05, 4.69) is 27.3 Å². The monoisotopic (exact) mass is 398 g/mol. The minimum Gasteiger partial charge on any atom is -0.440 e. The first-order chi connectivity index (χ1) is 13.2. The van der Waals surface area contributed by atoms with E-state index in [1.807, 2.05) is 42.6 Å².